The molecule has 0 aliphatic carbocycles. The van der Waals surface area contributed by atoms with Gasteiger partial charge >= 0.3 is 5.97 Å². The number of benzene rings is 1. The van der Waals surface area contributed by atoms with Gasteiger partial charge in [0.25, 0.3) is 0 Å². The Balaban J connectivity index is 3.37. The molecule has 0 fully saturated rings. The molecule has 0 saturated heterocycles. The first-order valence-electron chi connectivity index (χ1n) is 4.32. The third-order valence-corrected chi connectivity index (χ3v) is 2.50. The summed E-state index contributed by atoms with van der Waals surface area (Å²) in [6, 6.07) is 5.34. The van der Waals surface area contributed by atoms with Gasteiger partial charge in [0.2, 0.25) is 0 Å². The van der Waals surface area contributed by atoms with Gasteiger partial charge in [0.15, 0.2) is 0 Å². The smallest absolute Gasteiger partial charge is 0.338 e. The third kappa shape index (κ3) is 2.11. The van der Waals surface area contributed by atoms with E-state index in [0.717, 1.165) is 5.56 Å². The Bertz CT molecular complexity index is 435. The van der Waals surface area contributed by atoms with Crippen molar-refractivity contribution >= 4 is 17.6 Å². The highest BCUT2D eigenvalue weighted by molar-refractivity contribution is 6.17. The summed E-state index contributed by atoms with van der Waals surface area (Å²) in [5, 5.41) is 8.95. The first-order valence-corrected chi connectivity index (χ1v) is 4.86. The molecule has 0 bridgehead atoms. The minimum Gasteiger partial charge on any atom is -0.465 e. The van der Waals surface area contributed by atoms with E-state index in [0.29, 0.717) is 16.7 Å². The van der Waals surface area contributed by atoms with E-state index in [9.17, 15) is 4.79 Å². The van der Waals surface area contributed by atoms with Gasteiger partial charge in [-0.05, 0) is 24.1 Å². The lowest BCUT2D eigenvalue weighted by atomic mass is 9.98. The number of methoxy groups -OCH3 is 1. The van der Waals surface area contributed by atoms with Gasteiger partial charge in [-0.3, -0.25) is 0 Å². The second-order valence-electron chi connectivity index (χ2n) is 3.01. The van der Waals surface area contributed by atoms with Crippen molar-refractivity contribution < 1.29 is 9.53 Å². The fourth-order valence-electron chi connectivity index (χ4n) is 1.37. The van der Waals surface area contributed by atoms with E-state index in [2.05, 4.69) is 4.74 Å². The van der Waals surface area contributed by atoms with Gasteiger partial charge in [0.1, 0.15) is 0 Å². The van der Waals surface area contributed by atoms with Crippen LogP contribution < -0.4 is 0 Å². The minimum atomic E-state index is -0.440. The molecule has 0 aliphatic heterocycles. The van der Waals surface area contributed by atoms with Gasteiger partial charge < -0.3 is 4.74 Å². The normalized spacial score (nSPS) is 9.47. The highest BCUT2D eigenvalue weighted by Gasteiger charge is 2.14. The van der Waals surface area contributed by atoms with E-state index >= 15 is 0 Å². The fraction of sp³-hybridized carbons (Fsp3) is 0.273. The Morgan fingerprint density at radius 3 is 2.73 bits per heavy atom. The van der Waals surface area contributed by atoms with Crippen LogP contribution in [0.5, 0.6) is 0 Å². The minimum absolute atomic E-state index is 0.255. The molecule has 0 radical (unpaired) electrons. The van der Waals surface area contributed by atoms with Crippen molar-refractivity contribution in [3.8, 4) is 6.07 Å². The molecule has 1 aromatic rings. The molecule has 78 valence electrons. The van der Waals surface area contributed by atoms with Crippen molar-refractivity contribution in [3.05, 3.63) is 34.4 Å². The predicted octanol–water partition coefficient (Wildman–Crippen LogP) is 2.39. The molecular formula is C11H10ClNO2. The highest BCUT2D eigenvalue weighted by atomic mass is 35.5. The molecule has 1 rings (SSSR count). The van der Waals surface area contributed by atoms with Gasteiger partial charge in [-0.1, -0.05) is 6.07 Å². The number of nitrogens with zero attached hydrogens (tertiary/aromatic N) is 1. The van der Waals surface area contributed by atoms with Crippen molar-refractivity contribution in [2.24, 2.45) is 0 Å². The van der Waals surface area contributed by atoms with Crippen LogP contribution in [0.25, 0.3) is 0 Å². The Morgan fingerprint density at radius 2 is 2.27 bits per heavy atom. The van der Waals surface area contributed by atoms with Crippen molar-refractivity contribution in [2.75, 3.05) is 7.11 Å². The van der Waals surface area contributed by atoms with E-state index in [4.69, 9.17) is 16.9 Å². The number of nitriles is 1. The number of hydrogen-bond donors (Lipinski definition) is 0. The number of halogens is 1. The Labute approximate surface area is 93.2 Å². The van der Waals surface area contributed by atoms with Crippen LogP contribution in [0, 0.1) is 18.3 Å². The van der Waals surface area contributed by atoms with Crippen LogP contribution >= 0.6 is 11.6 Å². The zero-order valence-corrected chi connectivity index (χ0v) is 9.26. The van der Waals surface area contributed by atoms with E-state index in [1.807, 2.05) is 6.07 Å². The second-order valence-corrected chi connectivity index (χ2v) is 3.28. The molecule has 0 unspecified atom stereocenters. The molecule has 3 nitrogen and oxygen atoms in total. The fourth-order valence-corrected chi connectivity index (χ4v) is 1.59. The summed E-state index contributed by atoms with van der Waals surface area (Å²) in [7, 11) is 1.31. The van der Waals surface area contributed by atoms with Crippen molar-refractivity contribution in [1.29, 1.82) is 5.26 Å². The zero-order valence-electron chi connectivity index (χ0n) is 8.50. The molecule has 0 heterocycles. The van der Waals surface area contributed by atoms with E-state index in [1.54, 1.807) is 19.1 Å². The largest absolute Gasteiger partial charge is 0.465 e. The Hall–Kier alpha value is -1.53. The summed E-state index contributed by atoms with van der Waals surface area (Å²) in [6.45, 7) is 1.71. The summed E-state index contributed by atoms with van der Waals surface area (Å²) < 4.78 is 4.61. The Kier molecular flexibility index (Phi) is 3.70. The first-order chi connectivity index (χ1) is 7.15. The molecule has 0 spiro atoms. The van der Waals surface area contributed by atoms with Crippen LogP contribution in [0.2, 0.25) is 0 Å². The molecule has 15 heavy (non-hydrogen) atoms. The standard InChI is InChI=1S/C11H10ClNO2/c1-7-9(11(14)15-2)4-3-8(5-12)10(7)6-13/h3-4H,5H2,1-2H3. The van der Waals surface area contributed by atoms with Gasteiger partial charge in [-0.25, -0.2) is 4.79 Å². The summed E-state index contributed by atoms with van der Waals surface area (Å²) >= 11 is 5.68. The molecule has 0 N–H and O–H groups in total. The van der Waals surface area contributed by atoms with Crippen LogP contribution in [0.1, 0.15) is 27.0 Å². The number of ether oxygens (including phenoxy) is 1. The summed E-state index contributed by atoms with van der Waals surface area (Å²) in [5.74, 6) is -0.185. The second kappa shape index (κ2) is 4.81. The van der Waals surface area contributed by atoms with Crippen molar-refractivity contribution in [2.45, 2.75) is 12.8 Å². The maximum atomic E-state index is 11.3. The Morgan fingerprint density at radius 1 is 1.60 bits per heavy atom. The van der Waals surface area contributed by atoms with E-state index < -0.39 is 5.97 Å². The van der Waals surface area contributed by atoms with Crippen LogP contribution in [-0.4, -0.2) is 13.1 Å². The number of esters is 1. The maximum absolute atomic E-state index is 11.3. The number of rotatable bonds is 2. The molecule has 0 aliphatic rings. The van der Waals surface area contributed by atoms with Gasteiger partial charge in [-0.2, -0.15) is 5.26 Å². The molecule has 0 atom stereocenters. The number of hydrogen-bond acceptors (Lipinski definition) is 3. The summed E-state index contributed by atoms with van der Waals surface area (Å²) in [4.78, 5) is 11.3. The molecule has 1 aromatic carbocycles. The quantitative estimate of drug-likeness (QED) is 0.571. The van der Waals surface area contributed by atoms with Gasteiger partial charge in [0, 0.05) is 5.88 Å². The summed E-state index contributed by atoms with van der Waals surface area (Å²) in [6.07, 6.45) is 0. The van der Waals surface area contributed by atoms with E-state index in [-0.39, 0.29) is 5.88 Å². The molecule has 0 amide bonds. The SMILES string of the molecule is COC(=O)c1ccc(CCl)c(C#N)c1C. The molecular weight excluding hydrogens is 214 g/mol. The van der Waals surface area contributed by atoms with Crippen LogP contribution in [0.4, 0.5) is 0 Å². The highest BCUT2D eigenvalue weighted by Crippen LogP contribution is 2.20. The average Bonchev–Trinajstić information content (AvgIpc) is 2.27. The predicted molar refractivity (Wildman–Crippen MR) is 56.8 cm³/mol. The van der Waals surface area contributed by atoms with E-state index in [1.165, 1.54) is 7.11 Å². The zero-order chi connectivity index (χ0) is 11.4. The molecule has 0 saturated carbocycles. The maximum Gasteiger partial charge on any atom is 0.338 e. The summed E-state index contributed by atoms with van der Waals surface area (Å²) in [5.41, 5.74) is 2.20. The van der Waals surface area contributed by atoms with Crippen molar-refractivity contribution in [1.82, 2.24) is 0 Å². The first kappa shape index (κ1) is 11.5. The van der Waals surface area contributed by atoms with Crippen LogP contribution in [-0.2, 0) is 10.6 Å². The third-order valence-electron chi connectivity index (χ3n) is 2.21. The van der Waals surface area contributed by atoms with Crippen LogP contribution in [0.3, 0.4) is 0 Å². The lowest BCUT2D eigenvalue weighted by Crippen LogP contribution is -2.06. The lowest BCUT2D eigenvalue weighted by Gasteiger charge is -2.08. The monoisotopic (exact) mass is 223 g/mol. The topological polar surface area (TPSA) is 50.1 Å². The van der Waals surface area contributed by atoms with Crippen molar-refractivity contribution in [3.63, 3.8) is 0 Å². The van der Waals surface area contributed by atoms with Gasteiger partial charge in [-0.15, -0.1) is 11.6 Å². The average molecular weight is 224 g/mol. The number of carbonyl (C=O) groups is 1. The van der Waals surface area contributed by atoms with Crippen LogP contribution in [0.15, 0.2) is 12.1 Å². The molecule has 0 aromatic heterocycles. The number of alkyl halides is 1. The lowest BCUT2D eigenvalue weighted by molar-refractivity contribution is 0.0600. The molecule has 4 heteroatoms. The van der Waals surface area contributed by atoms with Gasteiger partial charge in [0.05, 0.1) is 24.3 Å². The number of carbonyl (C=O) groups excluding carboxylic acids is 1.